The summed E-state index contributed by atoms with van der Waals surface area (Å²) >= 11 is 0. The van der Waals surface area contributed by atoms with Gasteiger partial charge in [-0.25, -0.2) is 4.98 Å². The fourth-order valence-electron chi connectivity index (χ4n) is 3.60. The molecule has 0 saturated heterocycles. The normalized spacial score (nSPS) is 11.4. The molecule has 0 aliphatic rings. The summed E-state index contributed by atoms with van der Waals surface area (Å²) < 4.78 is 2.07. The van der Waals surface area contributed by atoms with E-state index < -0.39 is 0 Å². The topological polar surface area (TPSA) is 21.1 Å². The Morgan fingerprint density at radius 1 is 0.733 bits per heavy atom. The first-order chi connectivity index (χ1) is 14.5. The quantitative estimate of drug-likeness (QED) is 0.388. The van der Waals surface area contributed by atoms with Gasteiger partial charge < -0.3 is 5.01 Å². The van der Waals surface area contributed by atoms with Crippen LogP contribution in [0.25, 0.3) is 11.1 Å². The molecule has 30 heavy (non-hydrogen) atoms. The maximum absolute atomic E-state index is 4.25. The molecule has 0 amide bonds. The number of benzene rings is 3. The van der Waals surface area contributed by atoms with Crippen molar-refractivity contribution in [2.24, 2.45) is 0 Å². The third-order valence-electron chi connectivity index (χ3n) is 5.43. The molecule has 0 bridgehead atoms. The van der Waals surface area contributed by atoms with Gasteiger partial charge in [-0.2, -0.15) is 0 Å². The summed E-state index contributed by atoms with van der Waals surface area (Å²) in [5.74, 6) is 0. The van der Waals surface area contributed by atoms with Crippen LogP contribution < -0.4 is 5.01 Å². The van der Waals surface area contributed by atoms with E-state index in [9.17, 15) is 0 Å². The van der Waals surface area contributed by atoms with Gasteiger partial charge in [-0.05, 0) is 33.2 Å². The van der Waals surface area contributed by atoms with E-state index in [-0.39, 0.29) is 5.41 Å². The van der Waals surface area contributed by atoms with Crippen LogP contribution in [0.2, 0.25) is 0 Å². The van der Waals surface area contributed by atoms with Crippen molar-refractivity contribution in [3.8, 4) is 11.1 Å². The molecule has 4 rings (SSSR count). The van der Waals surface area contributed by atoms with Crippen molar-refractivity contribution in [1.29, 1.82) is 0 Å². The van der Waals surface area contributed by atoms with Gasteiger partial charge in [0.15, 0.2) is 0 Å². The van der Waals surface area contributed by atoms with Crippen LogP contribution >= 0.6 is 0 Å². The summed E-state index contributed by atoms with van der Waals surface area (Å²) in [5.41, 5.74) is 6.58. The highest BCUT2D eigenvalue weighted by Gasteiger charge is 2.14. The average molecular weight is 396 g/mol. The standard InChI is InChI=1S/C27H29N3/c1-27(2,3)26-15-11-23(12-16-26)20-30(29-18-17-28-21-29)19-22-9-13-25(14-10-22)24-7-5-4-6-8-24/h4-18,21H,19-20H2,1-3H3. The number of imidazole rings is 1. The zero-order valence-corrected chi connectivity index (χ0v) is 18.0. The van der Waals surface area contributed by atoms with Crippen LogP contribution in [0.15, 0.2) is 97.6 Å². The van der Waals surface area contributed by atoms with Gasteiger partial charge in [-0.15, -0.1) is 0 Å². The molecule has 1 aromatic heterocycles. The number of nitrogens with zero attached hydrogens (tertiary/aromatic N) is 3. The van der Waals surface area contributed by atoms with E-state index in [0.717, 1.165) is 13.1 Å². The van der Waals surface area contributed by atoms with Gasteiger partial charge >= 0.3 is 0 Å². The molecule has 152 valence electrons. The number of hydrogen-bond acceptors (Lipinski definition) is 2. The fraction of sp³-hybridized carbons (Fsp3) is 0.222. The summed E-state index contributed by atoms with van der Waals surface area (Å²) in [5, 5.41) is 2.30. The fourth-order valence-corrected chi connectivity index (χ4v) is 3.60. The highest BCUT2D eigenvalue weighted by atomic mass is 15.5. The molecule has 0 N–H and O–H groups in total. The summed E-state index contributed by atoms with van der Waals surface area (Å²) in [6.07, 6.45) is 5.69. The van der Waals surface area contributed by atoms with Crippen LogP contribution in [0.3, 0.4) is 0 Å². The van der Waals surface area contributed by atoms with Crippen LogP contribution in [0.4, 0.5) is 0 Å². The second-order valence-electron chi connectivity index (χ2n) is 8.78. The lowest BCUT2D eigenvalue weighted by Gasteiger charge is -2.26. The molecule has 0 fully saturated rings. The first kappa shape index (κ1) is 20.0. The SMILES string of the molecule is CC(C)(C)c1ccc(CN(Cc2ccc(-c3ccccc3)cc2)n2ccnc2)cc1. The number of aromatic nitrogens is 2. The van der Waals surface area contributed by atoms with Crippen molar-refractivity contribution < 1.29 is 0 Å². The van der Waals surface area contributed by atoms with Crippen LogP contribution in [0, 0.1) is 0 Å². The lowest BCUT2D eigenvalue weighted by atomic mass is 9.87. The second-order valence-corrected chi connectivity index (χ2v) is 8.78. The lowest BCUT2D eigenvalue weighted by molar-refractivity contribution is 0.573. The van der Waals surface area contributed by atoms with E-state index in [1.807, 2.05) is 18.7 Å². The Bertz CT molecular complexity index is 1040. The predicted octanol–water partition coefficient (Wildman–Crippen LogP) is 6.19. The van der Waals surface area contributed by atoms with E-state index in [0.29, 0.717) is 0 Å². The minimum atomic E-state index is 0.170. The summed E-state index contributed by atoms with van der Waals surface area (Å²) in [6.45, 7) is 8.38. The molecule has 4 aromatic rings. The van der Waals surface area contributed by atoms with Gasteiger partial charge in [0.25, 0.3) is 0 Å². The second kappa shape index (κ2) is 8.58. The molecule has 0 radical (unpaired) electrons. The van der Waals surface area contributed by atoms with Gasteiger partial charge in [-0.1, -0.05) is 99.6 Å². The van der Waals surface area contributed by atoms with Gasteiger partial charge in [0.05, 0.1) is 13.1 Å². The molecular formula is C27H29N3. The van der Waals surface area contributed by atoms with E-state index >= 15 is 0 Å². The Morgan fingerprint density at radius 3 is 1.83 bits per heavy atom. The van der Waals surface area contributed by atoms with Crippen molar-refractivity contribution in [1.82, 2.24) is 9.66 Å². The smallest absolute Gasteiger partial charge is 0.114 e. The monoisotopic (exact) mass is 395 g/mol. The average Bonchev–Trinajstić information content (AvgIpc) is 3.29. The molecule has 0 atom stereocenters. The van der Waals surface area contributed by atoms with Crippen LogP contribution in [0.1, 0.15) is 37.5 Å². The number of hydrogen-bond donors (Lipinski definition) is 0. The van der Waals surface area contributed by atoms with Crippen molar-refractivity contribution in [2.45, 2.75) is 39.3 Å². The zero-order chi connectivity index (χ0) is 21.0. The highest BCUT2D eigenvalue weighted by molar-refractivity contribution is 5.63. The summed E-state index contributed by atoms with van der Waals surface area (Å²) in [6, 6.07) is 28.3. The zero-order valence-electron chi connectivity index (χ0n) is 18.0. The molecular weight excluding hydrogens is 366 g/mol. The molecule has 0 spiro atoms. The van der Waals surface area contributed by atoms with Crippen LogP contribution in [0.5, 0.6) is 0 Å². The molecule has 3 aromatic carbocycles. The number of rotatable bonds is 6. The van der Waals surface area contributed by atoms with Crippen molar-refractivity contribution >= 4 is 0 Å². The Hall–Kier alpha value is -3.33. The molecule has 0 unspecified atom stereocenters. The van der Waals surface area contributed by atoms with Gasteiger partial charge in [0, 0.05) is 12.4 Å². The van der Waals surface area contributed by atoms with Gasteiger partial charge in [-0.3, -0.25) is 4.68 Å². The Morgan fingerprint density at radius 2 is 1.30 bits per heavy atom. The van der Waals surface area contributed by atoms with Crippen molar-refractivity contribution in [2.75, 3.05) is 5.01 Å². The summed E-state index contributed by atoms with van der Waals surface area (Å²) in [4.78, 5) is 4.25. The van der Waals surface area contributed by atoms with Gasteiger partial charge in [0.1, 0.15) is 6.33 Å². The molecule has 0 aliphatic heterocycles. The molecule has 3 heteroatoms. The maximum Gasteiger partial charge on any atom is 0.114 e. The first-order valence-corrected chi connectivity index (χ1v) is 10.5. The highest BCUT2D eigenvalue weighted by Crippen LogP contribution is 2.23. The van der Waals surface area contributed by atoms with E-state index in [4.69, 9.17) is 0 Å². The Balaban J connectivity index is 1.52. The van der Waals surface area contributed by atoms with E-state index in [1.165, 1.54) is 27.8 Å². The third-order valence-corrected chi connectivity index (χ3v) is 5.43. The predicted molar refractivity (Wildman–Crippen MR) is 125 cm³/mol. The van der Waals surface area contributed by atoms with Crippen molar-refractivity contribution in [3.63, 3.8) is 0 Å². The summed E-state index contributed by atoms with van der Waals surface area (Å²) in [7, 11) is 0. The maximum atomic E-state index is 4.25. The van der Waals surface area contributed by atoms with E-state index in [1.54, 1.807) is 0 Å². The third kappa shape index (κ3) is 4.80. The van der Waals surface area contributed by atoms with Crippen LogP contribution in [-0.2, 0) is 18.5 Å². The molecule has 0 saturated carbocycles. The molecule has 1 heterocycles. The lowest BCUT2D eigenvalue weighted by Crippen LogP contribution is -2.32. The molecule has 3 nitrogen and oxygen atoms in total. The minimum absolute atomic E-state index is 0.170. The van der Waals surface area contributed by atoms with E-state index in [2.05, 4.69) is 114 Å². The van der Waals surface area contributed by atoms with Gasteiger partial charge in [0.2, 0.25) is 0 Å². The first-order valence-electron chi connectivity index (χ1n) is 10.5. The Kier molecular flexibility index (Phi) is 5.71. The van der Waals surface area contributed by atoms with Crippen molar-refractivity contribution in [3.05, 3.63) is 114 Å². The molecule has 0 aliphatic carbocycles. The Labute approximate surface area is 179 Å². The minimum Gasteiger partial charge on any atom is -0.303 e. The van der Waals surface area contributed by atoms with Crippen LogP contribution in [-0.4, -0.2) is 9.66 Å². The largest absolute Gasteiger partial charge is 0.303 e.